The molecule has 0 fully saturated rings. The van der Waals surface area contributed by atoms with Crippen LogP contribution in [0.5, 0.6) is 0 Å². The zero-order valence-electron chi connectivity index (χ0n) is 13.7. The molecule has 0 bridgehead atoms. The zero-order valence-corrected chi connectivity index (χ0v) is 13.7. The number of rotatable bonds is 4. The van der Waals surface area contributed by atoms with Crippen LogP contribution in [0.2, 0.25) is 0 Å². The van der Waals surface area contributed by atoms with Gasteiger partial charge in [0, 0.05) is 13.1 Å². The van der Waals surface area contributed by atoms with E-state index in [1.807, 2.05) is 13.1 Å². The summed E-state index contributed by atoms with van der Waals surface area (Å²) < 4.78 is 0. The smallest absolute Gasteiger partial charge is 0.316 e. The Morgan fingerprint density at radius 1 is 1.52 bits per heavy atom. The SMILES string of the molecule is CCCN1CC(C)=C(NC(N)=O)C2=C1N1CN(OC)C=C1C=N2. The van der Waals surface area contributed by atoms with Crippen molar-refractivity contribution in [1.82, 2.24) is 20.2 Å². The van der Waals surface area contributed by atoms with E-state index in [2.05, 4.69) is 27.0 Å². The second-order valence-corrected chi connectivity index (χ2v) is 5.72. The van der Waals surface area contributed by atoms with Crippen LogP contribution in [-0.4, -0.2) is 54.0 Å². The maximum absolute atomic E-state index is 11.4. The maximum Gasteiger partial charge on any atom is 0.316 e. The van der Waals surface area contributed by atoms with Gasteiger partial charge in [-0.15, -0.1) is 0 Å². The van der Waals surface area contributed by atoms with E-state index in [0.717, 1.165) is 42.3 Å². The van der Waals surface area contributed by atoms with E-state index in [-0.39, 0.29) is 0 Å². The van der Waals surface area contributed by atoms with Crippen molar-refractivity contribution in [2.75, 3.05) is 26.9 Å². The van der Waals surface area contributed by atoms with Crippen LogP contribution in [0.1, 0.15) is 20.3 Å². The molecule has 0 aromatic rings. The van der Waals surface area contributed by atoms with Gasteiger partial charge in [0.05, 0.1) is 30.9 Å². The second-order valence-electron chi connectivity index (χ2n) is 5.72. The number of hydrogen-bond donors (Lipinski definition) is 2. The fourth-order valence-electron chi connectivity index (χ4n) is 3.08. The Balaban J connectivity index is 2.04. The lowest BCUT2D eigenvalue weighted by molar-refractivity contribution is -0.0971. The lowest BCUT2D eigenvalue weighted by Crippen LogP contribution is -2.44. The summed E-state index contributed by atoms with van der Waals surface area (Å²) in [6.07, 6.45) is 4.71. The molecule has 3 heterocycles. The highest BCUT2D eigenvalue weighted by atomic mass is 16.7. The summed E-state index contributed by atoms with van der Waals surface area (Å²) in [7, 11) is 1.64. The molecule has 124 valence electrons. The topological polar surface area (TPSA) is 86.4 Å². The first-order valence-electron chi connectivity index (χ1n) is 7.65. The van der Waals surface area contributed by atoms with E-state index in [1.165, 1.54) is 0 Å². The van der Waals surface area contributed by atoms with Crippen molar-refractivity contribution in [3.8, 4) is 0 Å². The van der Waals surface area contributed by atoms with E-state index in [9.17, 15) is 4.79 Å². The van der Waals surface area contributed by atoms with Crippen molar-refractivity contribution in [2.45, 2.75) is 20.3 Å². The normalized spacial score (nSPS) is 20.0. The number of nitrogens with two attached hydrogens (primary N) is 1. The summed E-state index contributed by atoms with van der Waals surface area (Å²) in [5.74, 6) is 0.981. The number of aliphatic imine (C=N–C) groups is 1. The van der Waals surface area contributed by atoms with E-state index in [0.29, 0.717) is 12.4 Å². The molecule has 0 aliphatic carbocycles. The molecule has 3 rings (SSSR count). The summed E-state index contributed by atoms with van der Waals surface area (Å²) in [4.78, 5) is 25.6. The molecule has 3 aliphatic heterocycles. The summed E-state index contributed by atoms with van der Waals surface area (Å²) >= 11 is 0. The quantitative estimate of drug-likeness (QED) is 0.804. The number of nitrogens with one attached hydrogen (secondary N) is 1. The van der Waals surface area contributed by atoms with Crippen molar-refractivity contribution in [2.24, 2.45) is 10.7 Å². The van der Waals surface area contributed by atoms with Gasteiger partial charge >= 0.3 is 6.03 Å². The Labute approximate surface area is 135 Å². The zero-order chi connectivity index (χ0) is 16.6. The Morgan fingerprint density at radius 3 is 2.96 bits per heavy atom. The van der Waals surface area contributed by atoms with Crippen LogP contribution in [0.15, 0.2) is 39.7 Å². The van der Waals surface area contributed by atoms with E-state index in [1.54, 1.807) is 18.4 Å². The highest BCUT2D eigenvalue weighted by molar-refractivity contribution is 5.83. The first-order chi connectivity index (χ1) is 11.0. The summed E-state index contributed by atoms with van der Waals surface area (Å²) in [6.45, 7) is 6.36. The average molecular weight is 318 g/mol. The van der Waals surface area contributed by atoms with Crippen LogP contribution in [0, 0.1) is 0 Å². The fraction of sp³-hybridized carbons (Fsp3) is 0.467. The van der Waals surface area contributed by atoms with Gasteiger partial charge in [-0.05, 0) is 18.9 Å². The van der Waals surface area contributed by atoms with Gasteiger partial charge in [-0.1, -0.05) is 6.92 Å². The number of carbonyl (C=O) groups is 1. The molecule has 0 saturated heterocycles. The Hall–Kier alpha value is -2.48. The number of urea groups is 1. The summed E-state index contributed by atoms with van der Waals surface area (Å²) in [5.41, 5.74) is 8.78. The number of hydroxylamine groups is 2. The van der Waals surface area contributed by atoms with Crippen LogP contribution in [0.4, 0.5) is 4.79 Å². The van der Waals surface area contributed by atoms with Gasteiger partial charge in [0.2, 0.25) is 0 Å². The van der Waals surface area contributed by atoms with Crippen LogP contribution >= 0.6 is 0 Å². The minimum Gasteiger partial charge on any atom is -0.352 e. The van der Waals surface area contributed by atoms with Gasteiger partial charge in [0.15, 0.2) is 0 Å². The molecule has 0 aromatic heterocycles. The fourth-order valence-corrected chi connectivity index (χ4v) is 3.08. The number of allylic oxidation sites excluding steroid dienone is 1. The Kier molecular flexibility index (Phi) is 3.99. The van der Waals surface area contributed by atoms with Crippen LogP contribution in [-0.2, 0) is 4.84 Å². The number of fused-ring (bicyclic) bond motifs is 2. The molecular weight excluding hydrogens is 296 g/mol. The van der Waals surface area contributed by atoms with Gasteiger partial charge < -0.3 is 20.9 Å². The monoisotopic (exact) mass is 318 g/mol. The molecule has 3 aliphatic rings. The molecular formula is C15H22N6O2. The van der Waals surface area contributed by atoms with E-state index >= 15 is 0 Å². The molecule has 3 N–H and O–H groups in total. The van der Waals surface area contributed by atoms with Crippen molar-refractivity contribution < 1.29 is 9.63 Å². The molecule has 0 unspecified atom stereocenters. The van der Waals surface area contributed by atoms with Crippen LogP contribution in [0.25, 0.3) is 0 Å². The number of amides is 2. The largest absolute Gasteiger partial charge is 0.352 e. The molecule has 0 saturated carbocycles. The number of nitrogens with zero attached hydrogens (tertiary/aromatic N) is 4. The molecule has 0 spiro atoms. The van der Waals surface area contributed by atoms with Crippen molar-refractivity contribution >= 4 is 12.2 Å². The standard InChI is InChI=1S/C15H22N6O2/c1-4-5-19-7-10(2)12(18-15(16)22)13-14(19)21-9-20(23-3)8-11(21)6-17-13/h6,8H,4-5,7,9H2,1-3H3,(H3,16,18,22). The molecule has 0 radical (unpaired) electrons. The van der Waals surface area contributed by atoms with Crippen LogP contribution in [0.3, 0.4) is 0 Å². The molecule has 8 heteroatoms. The number of hydrogen-bond acceptors (Lipinski definition) is 6. The van der Waals surface area contributed by atoms with Crippen molar-refractivity contribution in [1.29, 1.82) is 0 Å². The molecule has 8 nitrogen and oxygen atoms in total. The minimum atomic E-state index is -0.577. The highest BCUT2D eigenvalue weighted by Gasteiger charge is 2.36. The average Bonchev–Trinajstić information content (AvgIpc) is 2.93. The molecule has 0 atom stereocenters. The van der Waals surface area contributed by atoms with Gasteiger partial charge in [-0.2, -0.15) is 0 Å². The predicted molar refractivity (Wildman–Crippen MR) is 86.4 cm³/mol. The van der Waals surface area contributed by atoms with Crippen LogP contribution < -0.4 is 11.1 Å². The van der Waals surface area contributed by atoms with Crippen molar-refractivity contribution in [3.63, 3.8) is 0 Å². The predicted octanol–water partition coefficient (Wildman–Crippen LogP) is 0.886. The van der Waals surface area contributed by atoms with Gasteiger partial charge in [0.25, 0.3) is 0 Å². The second kappa shape index (κ2) is 5.96. The Morgan fingerprint density at radius 2 is 2.30 bits per heavy atom. The molecule has 0 aromatic carbocycles. The van der Waals surface area contributed by atoms with E-state index in [4.69, 9.17) is 10.6 Å². The van der Waals surface area contributed by atoms with Crippen molar-refractivity contribution in [3.05, 3.63) is 34.7 Å². The summed E-state index contributed by atoms with van der Waals surface area (Å²) in [5, 5.41) is 4.47. The minimum absolute atomic E-state index is 0.577. The highest BCUT2D eigenvalue weighted by Crippen LogP contribution is 2.35. The molecule has 2 amide bonds. The first kappa shape index (κ1) is 15.4. The third-order valence-corrected chi connectivity index (χ3v) is 4.03. The molecule has 23 heavy (non-hydrogen) atoms. The summed E-state index contributed by atoms with van der Waals surface area (Å²) in [6, 6.07) is -0.577. The lowest BCUT2D eigenvalue weighted by Gasteiger charge is -2.40. The first-order valence-corrected chi connectivity index (χ1v) is 7.65. The van der Waals surface area contributed by atoms with E-state index < -0.39 is 6.03 Å². The maximum atomic E-state index is 11.4. The van der Waals surface area contributed by atoms with Gasteiger partial charge in [-0.3, -0.25) is 4.84 Å². The number of primary amides is 1. The lowest BCUT2D eigenvalue weighted by atomic mass is 10.1. The third kappa shape index (κ3) is 2.65. The van der Waals surface area contributed by atoms with Gasteiger partial charge in [0.1, 0.15) is 18.2 Å². The number of carbonyl (C=O) groups excluding carboxylic acids is 1. The third-order valence-electron chi connectivity index (χ3n) is 4.03. The van der Waals surface area contributed by atoms with Gasteiger partial charge in [-0.25, -0.2) is 14.9 Å². The Bertz CT molecular complexity index is 648.